The van der Waals surface area contributed by atoms with Crippen molar-refractivity contribution in [2.75, 3.05) is 0 Å². The van der Waals surface area contributed by atoms with Gasteiger partial charge in [-0.3, -0.25) is 4.79 Å². The fourth-order valence-electron chi connectivity index (χ4n) is 2.99. The van der Waals surface area contributed by atoms with Crippen molar-refractivity contribution in [3.63, 3.8) is 0 Å². The number of rotatable bonds is 8. The molecule has 3 aromatic carbocycles. The van der Waals surface area contributed by atoms with Crippen molar-refractivity contribution in [3.8, 4) is 16.9 Å². The summed E-state index contributed by atoms with van der Waals surface area (Å²) >= 11 is 0. The Balaban J connectivity index is 1.37. The van der Waals surface area contributed by atoms with E-state index in [1.54, 1.807) is 12.5 Å². The number of benzene rings is 3. The van der Waals surface area contributed by atoms with Crippen LogP contribution in [0.1, 0.15) is 27.6 Å². The molecular formula is C24H19FN3O3. The number of carbonyl (C=O) groups is 1. The highest BCUT2D eigenvalue weighted by Gasteiger charge is 2.11. The number of aromatic nitrogens is 2. The molecule has 0 unspecified atom stereocenters. The van der Waals surface area contributed by atoms with Crippen molar-refractivity contribution < 1.29 is 18.4 Å². The average Bonchev–Trinajstić information content (AvgIpc) is 3.27. The SMILES string of the molecule is NC(=O)c1noc([CH]Cc2ccc(-c3ccc(OCc4ccccc4)c(F)c3)cc2)n1. The van der Waals surface area contributed by atoms with Crippen LogP contribution in [0, 0.1) is 12.2 Å². The first-order valence-corrected chi connectivity index (χ1v) is 9.61. The summed E-state index contributed by atoms with van der Waals surface area (Å²) in [4.78, 5) is 14.9. The standard InChI is InChI=1S/C24H19FN3O3/c25-20-14-19(11-12-21(20)30-15-17-4-2-1-3-5-17)18-9-6-16(7-10-18)8-13-22-27-24(23(26)29)28-31-22/h1-7,9-14H,8,15H2,(H2,26,29). The Morgan fingerprint density at radius 2 is 1.74 bits per heavy atom. The van der Waals surface area contributed by atoms with E-state index < -0.39 is 11.7 Å². The monoisotopic (exact) mass is 416 g/mol. The molecule has 4 rings (SSSR count). The minimum absolute atomic E-state index is 0.153. The van der Waals surface area contributed by atoms with E-state index in [-0.39, 0.29) is 17.5 Å². The van der Waals surface area contributed by atoms with E-state index in [1.165, 1.54) is 6.07 Å². The fourth-order valence-corrected chi connectivity index (χ4v) is 2.99. The van der Waals surface area contributed by atoms with Crippen LogP contribution in [0.5, 0.6) is 5.75 Å². The predicted octanol–water partition coefficient (Wildman–Crippen LogP) is 4.35. The molecule has 1 aromatic heterocycles. The number of hydrogen-bond donors (Lipinski definition) is 1. The molecule has 6 nitrogen and oxygen atoms in total. The summed E-state index contributed by atoms with van der Waals surface area (Å²) in [5.74, 6) is -0.858. The van der Waals surface area contributed by atoms with Gasteiger partial charge in [0, 0.05) is 0 Å². The summed E-state index contributed by atoms with van der Waals surface area (Å²) in [6, 6.07) is 22.2. The Kier molecular flexibility index (Phi) is 6.03. The molecule has 0 bridgehead atoms. The second-order valence-corrected chi connectivity index (χ2v) is 6.85. The van der Waals surface area contributed by atoms with Crippen LogP contribution >= 0.6 is 0 Å². The molecule has 0 aliphatic carbocycles. The first-order chi connectivity index (χ1) is 15.1. The summed E-state index contributed by atoms with van der Waals surface area (Å²) in [6.07, 6.45) is 2.23. The first kappa shape index (κ1) is 20.3. The van der Waals surface area contributed by atoms with E-state index in [1.807, 2.05) is 60.7 Å². The van der Waals surface area contributed by atoms with Crippen molar-refractivity contribution >= 4 is 5.91 Å². The first-order valence-electron chi connectivity index (χ1n) is 9.61. The van der Waals surface area contributed by atoms with E-state index in [2.05, 4.69) is 10.1 Å². The molecule has 155 valence electrons. The van der Waals surface area contributed by atoms with Crippen molar-refractivity contribution in [2.45, 2.75) is 13.0 Å². The molecule has 0 atom stereocenters. The Hall–Kier alpha value is -4.00. The Labute approximate surface area is 178 Å². The van der Waals surface area contributed by atoms with Gasteiger partial charge in [-0.25, -0.2) is 4.39 Å². The van der Waals surface area contributed by atoms with Gasteiger partial charge in [0.15, 0.2) is 11.6 Å². The summed E-state index contributed by atoms with van der Waals surface area (Å²) in [5.41, 5.74) is 8.70. The molecule has 0 aliphatic rings. The third-order valence-electron chi connectivity index (χ3n) is 4.63. The van der Waals surface area contributed by atoms with Gasteiger partial charge in [0.25, 0.3) is 11.7 Å². The van der Waals surface area contributed by atoms with Crippen LogP contribution in [0.2, 0.25) is 0 Å². The molecule has 0 saturated heterocycles. The number of nitrogens with two attached hydrogens (primary N) is 1. The summed E-state index contributed by atoms with van der Waals surface area (Å²) < 4.78 is 25.0. The largest absolute Gasteiger partial charge is 0.486 e. The van der Waals surface area contributed by atoms with Gasteiger partial charge in [0.05, 0.1) is 6.42 Å². The lowest BCUT2D eigenvalue weighted by Crippen LogP contribution is -2.12. The van der Waals surface area contributed by atoms with Gasteiger partial charge in [-0.2, -0.15) is 4.98 Å². The minimum atomic E-state index is -0.739. The molecular weight excluding hydrogens is 397 g/mol. The molecule has 2 N–H and O–H groups in total. The lowest BCUT2D eigenvalue weighted by molar-refractivity contribution is 0.0987. The maximum Gasteiger partial charge on any atom is 0.290 e. The van der Waals surface area contributed by atoms with Gasteiger partial charge in [0.1, 0.15) is 6.61 Å². The van der Waals surface area contributed by atoms with E-state index in [4.69, 9.17) is 15.0 Å². The van der Waals surface area contributed by atoms with Crippen molar-refractivity contribution in [3.05, 3.63) is 108 Å². The molecule has 31 heavy (non-hydrogen) atoms. The zero-order valence-corrected chi connectivity index (χ0v) is 16.5. The molecule has 0 fully saturated rings. The number of hydrogen-bond acceptors (Lipinski definition) is 5. The number of primary amides is 1. The zero-order chi connectivity index (χ0) is 21.6. The Morgan fingerprint density at radius 1 is 1.00 bits per heavy atom. The van der Waals surface area contributed by atoms with Gasteiger partial charge < -0.3 is 15.0 Å². The zero-order valence-electron chi connectivity index (χ0n) is 16.5. The number of amides is 1. The van der Waals surface area contributed by atoms with Crippen LogP contribution in [0.4, 0.5) is 4.39 Å². The summed E-state index contributed by atoms with van der Waals surface area (Å²) in [7, 11) is 0. The Morgan fingerprint density at radius 3 is 2.42 bits per heavy atom. The number of ether oxygens (including phenoxy) is 1. The second kappa shape index (κ2) is 9.21. The van der Waals surface area contributed by atoms with Crippen molar-refractivity contribution in [2.24, 2.45) is 5.73 Å². The van der Waals surface area contributed by atoms with Crippen molar-refractivity contribution in [1.29, 1.82) is 0 Å². The van der Waals surface area contributed by atoms with Crippen LogP contribution < -0.4 is 10.5 Å². The minimum Gasteiger partial charge on any atom is -0.486 e. The number of nitrogens with zero attached hydrogens (tertiary/aromatic N) is 2. The quantitative estimate of drug-likeness (QED) is 0.461. The van der Waals surface area contributed by atoms with Gasteiger partial charge in [-0.15, -0.1) is 0 Å². The highest BCUT2D eigenvalue weighted by molar-refractivity contribution is 5.88. The van der Waals surface area contributed by atoms with E-state index in [0.717, 1.165) is 22.3 Å². The van der Waals surface area contributed by atoms with Gasteiger partial charge >= 0.3 is 0 Å². The molecule has 0 spiro atoms. The molecule has 0 saturated carbocycles. The van der Waals surface area contributed by atoms with Crippen LogP contribution in [-0.2, 0) is 13.0 Å². The van der Waals surface area contributed by atoms with Gasteiger partial charge in [-0.1, -0.05) is 65.8 Å². The van der Waals surface area contributed by atoms with Crippen LogP contribution in [-0.4, -0.2) is 16.0 Å². The predicted molar refractivity (Wildman–Crippen MR) is 113 cm³/mol. The lowest BCUT2D eigenvalue weighted by atomic mass is 10.0. The highest BCUT2D eigenvalue weighted by Crippen LogP contribution is 2.27. The number of carbonyl (C=O) groups excluding carboxylic acids is 1. The van der Waals surface area contributed by atoms with Crippen molar-refractivity contribution in [1.82, 2.24) is 10.1 Å². The van der Waals surface area contributed by atoms with Crippen LogP contribution in [0.15, 0.2) is 77.3 Å². The second-order valence-electron chi connectivity index (χ2n) is 6.85. The third-order valence-corrected chi connectivity index (χ3v) is 4.63. The number of halogens is 1. The maximum absolute atomic E-state index is 14.5. The summed E-state index contributed by atoms with van der Waals surface area (Å²) in [6.45, 7) is 0.309. The summed E-state index contributed by atoms with van der Waals surface area (Å²) in [5, 5.41) is 3.49. The van der Waals surface area contributed by atoms with Gasteiger partial charge in [0.2, 0.25) is 5.89 Å². The smallest absolute Gasteiger partial charge is 0.290 e. The average molecular weight is 416 g/mol. The van der Waals surface area contributed by atoms with E-state index in [9.17, 15) is 9.18 Å². The molecule has 1 radical (unpaired) electrons. The molecule has 7 heteroatoms. The topological polar surface area (TPSA) is 91.2 Å². The Bertz CT molecular complexity index is 1170. The van der Waals surface area contributed by atoms with Crippen LogP contribution in [0.3, 0.4) is 0 Å². The van der Waals surface area contributed by atoms with Gasteiger partial charge in [-0.05, 0) is 40.8 Å². The third kappa shape index (κ3) is 5.14. The van der Waals surface area contributed by atoms with E-state index >= 15 is 0 Å². The lowest BCUT2D eigenvalue weighted by Gasteiger charge is -2.09. The van der Waals surface area contributed by atoms with E-state index in [0.29, 0.717) is 13.0 Å². The maximum atomic E-state index is 14.5. The molecule has 1 amide bonds. The fraction of sp³-hybridized carbons (Fsp3) is 0.0833. The molecule has 1 heterocycles. The van der Waals surface area contributed by atoms with Crippen LogP contribution in [0.25, 0.3) is 11.1 Å². The normalized spacial score (nSPS) is 10.7. The molecule has 4 aromatic rings. The highest BCUT2D eigenvalue weighted by atomic mass is 19.1. The molecule has 0 aliphatic heterocycles.